The number of hydrogen-bond donors (Lipinski definition) is 2. The van der Waals surface area contributed by atoms with Crippen LogP contribution >= 0.6 is 7.82 Å². The molecule has 1 rings (SSSR count). The van der Waals surface area contributed by atoms with Gasteiger partial charge < -0.3 is 24.0 Å². The highest BCUT2D eigenvalue weighted by Gasteiger charge is 2.28. The molecular weight excluding hydrogens is 467 g/mol. The minimum atomic E-state index is -4.52. The largest absolute Gasteiger partial charge is 0.469 e. The standard InChI is InChI=1S/C27H51O7P/c1-5-8-9-10-11-12-14-18-27(19-15-13-16-20-27)33-21-17-24(4)31-22-25(6-2)32-23-26(7-3)34-35(28,29)30/h13,15-16,19,24-26H,5-12,14,17-18,20-23H2,1-4H3,(H2,28,29,30). The number of allylic oxidation sites excluding steroid dienone is 2. The Hall–Kier alpha value is -0.530. The Morgan fingerprint density at radius 2 is 1.57 bits per heavy atom. The topological polar surface area (TPSA) is 94.5 Å². The summed E-state index contributed by atoms with van der Waals surface area (Å²) in [6, 6.07) is 0. The summed E-state index contributed by atoms with van der Waals surface area (Å²) in [7, 11) is -4.52. The predicted octanol–water partition coefficient (Wildman–Crippen LogP) is 6.88. The molecule has 0 saturated heterocycles. The average molecular weight is 519 g/mol. The van der Waals surface area contributed by atoms with Gasteiger partial charge in [-0.1, -0.05) is 90.0 Å². The zero-order valence-electron chi connectivity index (χ0n) is 22.5. The molecule has 0 aliphatic heterocycles. The molecule has 4 unspecified atom stereocenters. The van der Waals surface area contributed by atoms with E-state index in [2.05, 4.69) is 31.2 Å². The smallest absolute Gasteiger partial charge is 0.376 e. The van der Waals surface area contributed by atoms with Crippen molar-refractivity contribution in [3.63, 3.8) is 0 Å². The zero-order valence-corrected chi connectivity index (χ0v) is 23.4. The molecule has 0 aromatic heterocycles. The van der Waals surface area contributed by atoms with Crippen LogP contribution in [0.2, 0.25) is 0 Å². The van der Waals surface area contributed by atoms with E-state index >= 15 is 0 Å². The lowest BCUT2D eigenvalue weighted by atomic mass is 9.89. The minimum Gasteiger partial charge on any atom is -0.376 e. The van der Waals surface area contributed by atoms with Gasteiger partial charge in [0.2, 0.25) is 0 Å². The summed E-state index contributed by atoms with van der Waals surface area (Å²) in [5.41, 5.74) is -0.193. The molecule has 2 N–H and O–H groups in total. The van der Waals surface area contributed by atoms with Gasteiger partial charge >= 0.3 is 7.82 Å². The number of phosphoric ester groups is 1. The van der Waals surface area contributed by atoms with Gasteiger partial charge in [-0.05, 0) is 39.0 Å². The third kappa shape index (κ3) is 16.0. The van der Waals surface area contributed by atoms with E-state index in [-0.39, 0.29) is 24.4 Å². The number of unbranched alkanes of at least 4 members (excludes halogenated alkanes) is 6. The van der Waals surface area contributed by atoms with Crippen molar-refractivity contribution in [2.24, 2.45) is 0 Å². The van der Waals surface area contributed by atoms with Crippen molar-refractivity contribution in [3.05, 3.63) is 24.3 Å². The van der Waals surface area contributed by atoms with Gasteiger partial charge in [-0.15, -0.1) is 0 Å². The van der Waals surface area contributed by atoms with Crippen LogP contribution in [0.3, 0.4) is 0 Å². The van der Waals surface area contributed by atoms with E-state index in [0.29, 0.717) is 19.6 Å². The normalized spacial score (nSPS) is 20.7. The van der Waals surface area contributed by atoms with Crippen molar-refractivity contribution in [2.75, 3.05) is 19.8 Å². The van der Waals surface area contributed by atoms with Crippen molar-refractivity contribution < 1.29 is 33.1 Å². The lowest BCUT2D eigenvalue weighted by Crippen LogP contribution is -2.32. The highest BCUT2D eigenvalue weighted by atomic mass is 31.2. The Bertz CT molecular complexity index is 633. The third-order valence-corrected chi connectivity index (χ3v) is 7.08. The number of hydrogen-bond acceptors (Lipinski definition) is 5. The third-order valence-electron chi connectivity index (χ3n) is 6.51. The van der Waals surface area contributed by atoms with Crippen molar-refractivity contribution in [1.29, 1.82) is 0 Å². The van der Waals surface area contributed by atoms with Crippen molar-refractivity contribution in [3.8, 4) is 0 Å². The first-order valence-electron chi connectivity index (χ1n) is 13.7. The first-order chi connectivity index (χ1) is 16.7. The second kappa shape index (κ2) is 18.7. The lowest BCUT2D eigenvalue weighted by Gasteiger charge is -2.32. The van der Waals surface area contributed by atoms with Crippen LogP contribution in [-0.2, 0) is 23.3 Å². The minimum absolute atomic E-state index is 0.0275. The Kier molecular flexibility index (Phi) is 17.3. The van der Waals surface area contributed by atoms with Gasteiger partial charge in [0.25, 0.3) is 0 Å². The summed E-state index contributed by atoms with van der Waals surface area (Å²) < 4.78 is 34.0. The summed E-state index contributed by atoms with van der Waals surface area (Å²) in [4.78, 5) is 18.0. The van der Waals surface area contributed by atoms with Crippen LogP contribution in [0.4, 0.5) is 0 Å². The molecule has 0 radical (unpaired) electrons. The summed E-state index contributed by atoms with van der Waals surface area (Å²) in [5, 5.41) is 0. The molecular formula is C27H51O7P. The average Bonchev–Trinajstić information content (AvgIpc) is 2.82. The number of ether oxygens (including phenoxy) is 3. The van der Waals surface area contributed by atoms with Gasteiger partial charge in [-0.2, -0.15) is 0 Å². The molecule has 0 heterocycles. The second-order valence-electron chi connectivity index (χ2n) is 9.70. The van der Waals surface area contributed by atoms with Gasteiger partial charge in [0.05, 0.1) is 43.7 Å². The molecule has 0 amide bonds. The molecule has 1 aliphatic carbocycles. The lowest BCUT2D eigenvalue weighted by molar-refractivity contribution is -0.0758. The molecule has 4 atom stereocenters. The fourth-order valence-electron chi connectivity index (χ4n) is 4.12. The van der Waals surface area contributed by atoms with Crippen molar-refractivity contribution >= 4 is 7.82 Å². The fraction of sp³-hybridized carbons (Fsp3) is 0.852. The zero-order chi connectivity index (χ0) is 26.0. The molecule has 8 heteroatoms. The first kappa shape index (κ1) is 32.5. The number of rotatable bonds is 22. The Morgan fingerprint density at radius 1 is 0.914 bits per heavy atom. The highest BCUT2D eigenvalue weighted by molar-refractivity contribution is 7.46. The quantitative estimate of drug-likeness (QED) is 0.119. The van der Waals surface area contributed by atoms with Crippen molar-refractivity contribution in [2.45, 2.75) is 129 Å². The number of phosphoric acid groups is 1. The maximum absolute atomic E-state index is 11.1. The summed E-state index contributed by atoms with van der Waals surface area (Å²) >= 11 is 0. The molecule has 0 saturated carbocycles. The predicted molar refractivity (Wildman–Crippen MR) is 141 cm³/mol. The molecule has 0 spiro atoms. The van der Waals surface area contributed by atoms with Gasteiger partial charge in [-0.3, -0.25) is 4.52 Å². The van der Waals surface area contributed by atoms with E-state index in [0.717, 1.165) is 25.7 Å². The molecule has 0 bridgehead atoms. The summed E-state index contributed by atoms with van der Waals surface area (Å²) in [5.74, 6) is 0. The molecule has 0 aromatic rings. The van der Waals surface area contributed by atoms with E-state index in [9.17, 15) is 4.57 Å². The van der Waals surface area contributed by atoms with E-state index in [1.807, 2.05) is 13.8 Å². The van der Waals surface area contributed by atoms with Crippen LogP contribution in [0.1, 0.15) is 105 Å². The summed E-state index contributed by atoms with van der Waals surface area (Å²) in [6.45, 7) is 9.30. The van der Waals surface area contributed by atoms with Crippen LogP contribution in [0, 0.1) is 0 Å². The van der Waals surface area contributed by atoms with E-state index in [1.165, 1.54) is 44.9 Å². The maximum atomic E-state index is 11.1. The Morgan fingerprint density at radius 3 is 2.17 bits per heavy atom. The second-order valence-corrected chi connectivity index (χ2v) is 10.9. The molecule has 0 fully saturated rings. The van der Waals surface area contributed by atoms with Crippen LogP contribution in [-0.4, -0.2) is 53.5 Å². The van der Waals surface area contributed by atoms with Crippen LogP contribution in [0.25, 0.3) is 0 Å². The molecule has 35 heavy (non-hydrogen) atoms. The Labute approximate surface area is 213 Å². The van der Waals surface area contributed by atoms with E-state index in [1.54, 1.807) is 6.92 Å². The monoisotopic (exact) mass is 518 g/mol. The molecule has 206 valence electrons. The molecule has 1 aliphatic rings. The van der Waals surface area contributed by atoms with Gasteiger partial charge in [0, 0.05) is 0 Å². The van der Waals surface area contributed by atoms with Crippen LogP contribution < -0.4 is 0 Å². The van der Waals surface area contributed by atoms with E-state index < -0.39 is 13.9 Å². The highest BCUT2D eigenvalue weighted by Crippen LogP contribution is 2.38. The Balaban J connectivity index is 2.33. The molecule has 7 nitrogen and oxygen atoms in total. The van der Waals surface area contributed by atoms with Crippen LogP contribution in [0.5, 0.6) is 0 Å². The van der Waals surface area contributed by atoms with Gasteiger partial charge in [0.1, 0.15) is 0 Å². The molecule has 0 aromatic carbocycles. The van der Waals surface area contributed by atoms with Crippen molar-refractivity contribution in [1.82, 2.24) is 0 Å². The van der Waals surface area contributed by atoms with Gasteiger partial charge in [0.15, 0.2) is 0 Å². The first-order valence-corrected chi connectivity index (χ1v) is 15.2. The van der Waals surface area contributed by atoms with Gasteiger partial charge in [-0.25, -0.2) is 4.57 Å². The van der Waals surface area contributed by atoms with Crippen LogP contribution in [0.15, 0.2) is 24.3 Å². The van der Waals surface area contributed by atoms with E-state index in [4.69, 9.17) is 28.5 Å². The SMILES string of the molecule is CCCCCCCCCC1(OCCC(C)OCC(CC)OCC(CC)OP(=O)(O)O)C=CC=CC1. The maximum Gasteiger partial charge on any atom is 0.469 e. The fourth-order valence-corrected chi connectivity index (χ4v) is 4.72. The summed E-state index contributed by atoms with van der Waals surface area (Å²) in [6.07, 6.45) is 20.9.